The van der Waals surface area contributed by atoms with Gasteiger partial charge in [0.25, 0.3) is 5.78 Å². The minimum Gasteiger partial charge on any atom is -0.375 e. The summed E-state index contributed by atoms with van der Waals surface area (Å²) in [5.41, 5.74) is 3.21. The summed E-state index contributed by atoms with van der Waals surface area (Å²) in [5, 5.41) is 10.2. The predicted molar refractivity (Wildman–Crippen MR) is 107 cm³/mol. The van der Waals surface area contributed by atoms with E-state index in [1.165, 1.54) is 0 Å². The Kier molecular flexibility index (Phi) is 5.63. The minimum absolute atomic E-state index is 0.150. The first-order valence-electron chi connectivity index (χ1n) is 8.99. The number of morpholine rings is 1. The van der Waals surface area contributed by atoms with Gasteiger partial charge in [-0.15, -0.1) is 10.2 Å². The fourth-order valence-electron chi connectivity index (χ4n) is 3.35. The Hall–Kier alpha value is -1.67. The summed E-state index contributed by atoms with van der Waals surface area (Å²) in [6.07, 6.45) is 0.150. The minimum atomic E-state index is 0.150. The molecule has 0 unspecified atom stereocenters. The maximum atomic E-state index is 6.30. The molecule has 1 aromatic carbocycles. The average Bonchev–Trinajstić information content (AvgIpc) is 3.05. The normalized spacial score (nSPS) is 18.3. The summed E-state index contributed by atoms with van der Waals surface area (Å²) in [4.78, 5) is 6.84. The van der Waals surface area contributed by atoms with Gasteiger partial charge in [-0.05, 0) is 31.5 Å². The number of fused-ring (bicyclic) bond motifs is 1. The van der Waals surface area contributed by atoms with Gasteiger partial charge < -0.3 is 4.74 Å². The molecular weight excluding hydrogens is 382 g/mol. The monoisotopic (exact) mass is 403 g/mol. The van der Waals surface area contributed by atoms with E-state index in [2.05, 4.69) is 33.1 Å². The lowest BCUT2D eigenvalue weighted by Crippen LogP contribution is -2.43. The number of nitrogens with zero attached hydrogens (tertiary/aromatic N) is 5. The first-order valence-corrected chi connectivity index (χ1v) is 10.4. The summed E-state index contributed by atoms with van der Waals surface area (Å²) in [5.74, 6) is 1.48. The van der Waals surface area contributed by atoms with Crippen LogP contribution in [0.3, 0.4) is 0 Å². The highest BCUT2D eigenvalue weighted by atomic mass is 35.5. The van der Waals surface area contributed by atoms with E-state index in [-0.39, 0.29) is 6.10 Å². The third kappa shape index (κ3) is 4.27. The van der Waals surface area contributed by atoms with E-state index in [0.717, 1.165) is 59.1 Å². The number of aromatic nitrogens is 4. The van der Waals surface area contributed by atoms with Gasteiger partial charge in [0.1, 0.15) is 0 Å². The Morgan fingerprint density at radius 1 is 1.26 bits per heavy atom. The molecule has 3 heterocycles. The number of ether oxygens (including phenoxy) is 1. The van der Waals surface area contributed by atoms with Crippen LogP contribution >= 0.6 is 23.4 Å². The average molecular weight is 404 g/mol. The van der Waals surface area contributed by atoms with Crippen LogP contribution < -0.4 is 0 Å². The van der Waals surface area contributed by atoms with E-state index in [1.807, 2.05) is 35.6 Å². The molecule has 1 fully saturated rings. The van der Waals surface area contributed by atoms with Crippen molar-refractivity contribution < 1.29 is 4.74 Å². The lowest BCUT2D eigenvalue weighted by molar-refractivity contribution is -0.0187. The smallest absolute Gasteiger partial charge is 0.256 e. The highest BCUT2D eigenvalue weighted by Crippen LogP contribution is 2.23. The zero-order valence-electron chi connectivity index (χ0n) is 15.4. The van der Waals surface area contributed by atoms with E-state index in [9.17, 15) is 0 Å². The molecule has 1 atom stereocenters. The van der Waals surface area contributed by atoms with Crippen molar-refractivity contribution in [2.75, 3.05) is 25.4 Å². The van der Waals surface area contributed by atoms with Crippen LogP contribution in [0.5, 0.6) is 0 Å². The maximum Gasteiger partial charge on any atom is 0.256 e. The zero-order valence-corrected chi connectivity index (χ0v) is 17.0. The van der Waals surface area contributed by atoms with E-state index < -0.39 is 0 Å². The number of hydrogen-bond donors (Lipinski definition) is 0. The quantitative estimate of drug-likeness (QED) is 0.608. The Labute approximate surface area is 167 Å². The third-order valence-electron chi connectivity index (χ3n) is 4.64. The van der Waals surface area contributed by atoms with Crippen LogP contribution in [-0.4, -0.2) is 56.0 Å². The van der Waals surface area contributed by atoms with Crippen molar-refractivity contribution in [2.24, 2.45) is 0 Å². The van der Waals surface area contributed by atoms with Gasteiger partial charge in [0.2, 0.25) is 0 Å². The maximum absolute atomic E-state index is 6.30. The SMILES string of the molecule is Cc1cc(C)n2c(SC[C@H]3CN(Cc4ccccc4Cl)CCO3)nnc2n1. The number of benzene rings is 1. The molecule has 0 radical (unpaired) electrons. The number of rotatable bonds is 5. The van der Waals surface area contributed by atoms with Crippen molar-refractivity contribution in [1.82, 2.24) is 24.5 Å². The van der Waals surface area contributed by atoms with Gasteiger partial charge in [0, 0.05) is 41.8 Å². The molecule has 0 spiro atoms. The summed E-state index contributed by atoms with van der Waals surface area (Å²) in [6.45, 7) is 7.40. The van der Waals surface area contributed by atoms with Crippen LogP contribution in [0.25, 0.3) is 5.78 Å². The summed E-state index contributed by atoms with van der Waals surface area (Å²) >= 11 is 7.97. The lowest BCUT2D eigenvalue weighted by atomic mass is 10.2. The molecule has 8 heteroatoms. The zero-order chi connectivity index (χ0) is 18.8. The van der Waals surface area contributed by atoms with E-state index >= 15 is 0 Å². The first kappa shape index (κ1) is 18.7. The molecule has 0 bridgehead atoms. The Morgan fingerprint density at radius 3 is 2.96 bits per heavy atom. The van der Waals surface area contributed by atoms with Crippen molar-refractivity contribution in [3.05, 3.63) is 52.3 Å². The Bertz CT molecular complexity index is 947. The molecule has 27 heavy (non-hydrogen) atoms. The molecule has 0 amide bonds. The van der Waals surface area contributed by atoms with Crippen molar-refractivity contribution in [2.45, 2.75) is 31.7 Å². The highest BCUT2D eigenvalue weighted by Gasteiger charge is 2.22. The summed E-state index contributed by atoms with van der Waals surface area (Å²) < 4.78 is 7.97. The Morgan fingerprint density at radius 2 is 2.11 bits per heavy atom. The van der Waals surface area contributed by atoms with E-state index in [1.54, 1.807) is 11.8 Å². The predicted octanol–water partition coefficient (Wildman–Crippen LogP) is 3.39. The molecule has 1 aliphatic heterocycles. The molecule has 0 saturated carbocycles. The standard InChI is InChI=1S/C19H22ClN5OS/c1-13-9-14(2)25-18(21-13)22-23-19(25)27-12-16-11-24(7-8-26-16)10-15-5-3-4-6-17(15)20/h3-6,9,16H,7-8,10-12H2,1-2H3/t16-/m1/s1. The van der Waals surface area contributed by atoms with Gasteiger partial charge in [-0.2, -0.15) is 0 Å². The van der Waals surface area contributed by atoms with E-state index in [0.29, 0.717) is 5.78 Å². The molecule has 0 N–H and O–H groups in total. The largest absolute Gasteiger partial charge is 0.375 e. The number of hydrogen-bond acceptors (Lipinski definition) is 6. The van der Waals surface area contributed by atoms with Crippen LogP contribution in [0.2, 0.25) is 5.02 Å². The molecule has 6 nitrogen and oxygen atoms in total. The highest BCUT2D eigenvalue weighted by molar-refractivity contribution is 7.99. The van der Waals surface area contributed by atoms with Crippen LogP contribution in [0.15, 0.2) is 35.5 Å². The lowest BCUT2D eigenvalue weighted by Gasteiger charge is -2.32. The van der Waals surface area contributed by atoms with Crippen LogP contribution in [0.1, 0.15) is 17.0 Å². The van der Waals surface area contributed by atoms with Crippen molar-refractivity contribution in [3.8, 4) is 0 Å². The second kappa shape index (κ2) is 8.14. The summed E-state index contributed by atoms with van der Waals surface area (Å²) in [7, 11) is 0. The van der Waals surface area contributed by atoms with Crippen LogP contribution in [0.4, 0.5) is 0 Å². The van der Waals surface area contributed by atoms with Gasteiger partial charge in [-0.1, -0.05) is 41.6 Å². The topological polar surface area (TPSA) is 55.6 Å². The van der Waals surface area contributed by atoms with Gasteiger partial charge in [0.05, 0.1) is 12.7 Å². The van der Waals surface area contributed by atoms with Gasteiger partial charge in [-0.25, -0.2) is 4.98 Å². The molecule has 4 rings (SSSR count). The summed E-state index contributed by atoms with van der Waals surface area (Å²) in [6, 6.07) is 10.1. The second-order valence-corrected chi connectivity index (χ2v) is 8.18. The van der Waals surface area contributed by atoms with Crippen LogP contribution in [0, 0.1) is 13.8 Å². The molecule has 142 valence electrons. The molecule has 1 saturated heterocycles. The fourth-order valence-corrected chi connectivity index (χ4v) is 4.54. The molecule has 2 aromatic heterocycles. The molecule has 0 aliphatic carbocycles. The molecular formula is C19H22ClN5OS. The second-order valence-electron chi connectivity index (χ2n) is 6.79. The van der Waals surface area contributed by atoms with Crippen molar-refractivity contribution >= 4 is 29.1 Å². The van der Waals surface area contributed by atoms with Crippen LogP contribution in [-0.2, 0) is 11.3 Å². The number of aryl methyl sites for hydroxylation is 2. The van der Waals surface area contributed by atoms with Crippen molar-refractivity contribution in [3.63, 3.8) is 0 Å². The molecule has 3 aromatic rings. The molecule has 1 aliphatic rings. The third-order valence-corrected chi connectivity index (χ3v) is 6.07. The van der Waals surface area contributed by atoms with Gasteiger partial charge in [0.15, 0.2) is 5.16 Å². The fraction of sp³-hybridized carbons (Fsp3) is 0.421. The van der Waals surface area contributed by atoms with Crippen molar-refractivity contribution in [1.29, 1.82) is 0 Å². The number of thioether (sulfide) groups is 1. The van der Waals surface area contributed by atoms with Gasteiger partial charge >= 0.3 is 0 Å². The Balaban J connectivity index is 1.39. The number of halogens is 1. The first-order chi connectivity index (χ1) is 13.1. The van der Waals surface area contributed by atoms with Gasteiger partial charge in [-0.3, -0.25) is 9.30 Å². The van der Waals surface area contributed by atoms with E-state index in [4.69, 9.17) is 16.3 Å².